The van der Waals surface area contributed by atoms with Crippen LogP contribution in [-0.4, -0.2) is 15.1 Å². The van der Waals surface area contributed by atoms with E-state index in [-0.39, 0.29) is 0 Å². The van der Waals surface area contributed by atoms with Gasteiger partial charge in [0.1, 0.15) is 0 Å². The minimum Gasteiger partial charge on any atom is -0.268 e. The molecule has 0 aliphatic carbocycles. The van der Waals surface area contributed by atoms with E-state index < -0.39 is 0 Å². The highest BCUT2D eigenvalue weighted by Gasteiger charge is 1.99. The second-order valence-corrected chi connectivity index (χ2v) is 5.19. The number of aryl methyl sites for hydroxylation is 1. The van der Waals surface area contributed by atoms with Crippen LogP contribution in [0.15, 0.2) is 36.7 Å². The van der Waals surface area contributed by atoms with E-state index in [4.69, 9.17) is 11.6 Å². The number of nitrogens with zero attached hydrogens (tertiary/aromatic N) is 2. The Kier molecular flexibility index (Phi) is 4.63. The van der Waals surface area contributed by atoms with Gasteiger partial charge in [0.15, 0.2) is 0 Å². The average molecular weight is 314 g/mol. The summed E-state index contributed by atoms with van der Waals surface area (Å²) in [5.41, 5.74) is 2.50. The summed E-state index contributed by atoms with van der Waals surface area (Å²) in [6, 6.07) is 7.88. The van der Waals surface area contributed by atoms with Crippen LogP contribution in [0.5, 0.6) is 0 Å². The molecule has 2 rings (SSSR count). The maximum Gasteiger partial charge on any atom is 0.0659 e. The van der Waals surface area contributed by atoms with Crippen molar-refractivity contribution in [2.45, 2.75) is 19.4 Å². The van der Waals surface area contributed by atoms with Gasteiger partial charge in [-0.15, -0.1) is 0 Å². The monoisotopic (exact) mass is 312 g/mol. The van der Waals surface area contributed by atoms with Crippen LogP contribution in [0.25, 0.3) is 0 Å². The van der Waals surface area contributed by atoms with E-state index in [2.05, 4.69) is 27.2 Å². The van der Waals surface area contributed by atoms with Crippen molar-refractivity contribution in [3.05, 3.63) is 52.8 Å². The van der Waals surface area contributed by atoms with Crippen LogP contribution in [0.1, 0.15) is 17.5 Å². The van der Waals surface area contributed by atoms with Gasteiger partial charge in [0.25, 0.3) is 0 Å². The molecule has 90 valence electrons. The SMILES string of the molecule is Clc1ccc(Cn2cc(CCCBr)cn2)cc1. The molecule has 0 bridgehead atoms. The van der Waals surface area contributed by atoms with Crippen LogP contribution in [0.4, 0.5) is 0 Å². The van der Waals surface area contributed by atoms with Crippen LogP contribution < -0.4 is 0 Å². The standard InChI is InChI=1S/C13H14BrClN2/c14-7-1-2-12-8-16-17(10-12)9-11-3-5-13(15)6-4-11/h3-6,8,10H,1-2,7,9H2. The van der Waals surface area contributed by atoms with Crippen molar-refractivity contribution in [3.8, 4) is 0 Å². The summed E-state index contributed by atoms with van der Waals surface area (Å²) in [4.78, 5) is 0. The first-order valence-electron chi connectivity index (χ1n) is 5.59. The van der Waals surface area contributed by atoms with Crippen molar-refractivity contribution in [3.63, 3.8) is 0 Å². The van der Waals surface area contributed by atoms with Gasteiger partial charge in [-0.3, -0.25) is 4.68 Å². The fourth-order valence-electron chi connectivity index (χ4n) is 1.67. The van der Waals surface area contributed by atoms with Crippen LogP contribution in [0.3, 0.4) is 0 Å². The van der Waals surface area contributed by atoms with E-state index in [0.29, 0.717) is 0 Å². The molecule has 0 unspecified atom stereocenters. The molecule has 0 N–H and O–H groups in total. The van der Waals surface area contributed by atoms with Gasteiger partial charge in [0.2, 0.25) is 0 Å². The van der Waals surface area contributed by atoms with Gasteiger partial charge in [0.05, 0.1) is 12.7 Å². The van der Waals surface area contributed by atoms with Crippen molar-refractivity contribution >= 4 is 27.5 Å². The Balaban J connectivity index is 1.98. The van der Waals surface area contributed by atoms with E-state index >= 15 is 0 Å². The van der Waals surface area contributed by atoms with Gasteiger partial charge in [-0.1, -0.05) is 39.7 Å². The normalized spacial score (nSPS) is 10.7. The summed E-state index contributed by atoms with van der Waals surface area (Å²) in [7, 11) is 0. The molecule has 1 heterocycles. The first-order valence-corrected chi connectivity index (χ1v) is 7.09. The number of benzene rings is 1. The minimum absolute atomic E-state index is 0.771. The molecule has 1 aromatic heterocycles. The van der Waals surface area contributed by atoms with Gasteiger partial charge in [-0.25, -0.2) is 0 Å². The lowest BCUT2D eigenvalue weighted by molar-refractivity contribution is 0.686. The van der Waals surface area contributed by atoms with Crippen molar-refractivity contribution in [2.24, 2.45) is 0 Å². The molecule has 0 atom stereocenters. The van der Waals surface area contributed by atoms with Crippen LogP contribution in [-0.2, 0) is 13.0 Å². The molecule has 0 fully saturated rings. The summed E-state index contributed by atoms with van der Waals surface area (Å²) in [6.07, 6.45) is 6.27. The van der Waals surface area contributed by atoms with Crippen LogP contribution in [0.2, 0.25) is 5.02 Å². The molecule has 0 radical (unpaired) electrons. The second kappa shape index (κ2) is 6.22. The third-order valence-electron chi connectivity index (χ3n) is 2.54. The van der Waals surface area contributed by atoms with E-state index in [9.17, 15) is 0 Å². The highest BCUT2D eigenvalue weighted by atomic mass is 79.9. The number of halogens is 2. The predicted molar refractivity (Wildman–Crippen MR) is 74.9 cm³/mol. The molecule has 0 saturated heterocycles. The Hall–Kier alpha value is -0.800. The zero-order valence-corrected chi connectivity index (χ0v) is 11.8. The zero-order chi connectivity index (χ0) is 12.1. The van der Waals surface area contributed by atoms with Crippen molar-refractivity contribution < 1.29 is 0 Å². The third kappa shape index (κ3) is 3.86. The minimum atomic E-state index is 0.771. The number of alkyl halides is 1. The molecular formula is C13H14BrClN2. The average Bonchev–Trinajstić information content (AvgIpc) is 2.77. The van der Waals surface area contributed by atoms with E-state index in [1.165, 1.54) is 11.1 Å². The molecular weight excluding hydrogens is 300 g/mol. The summed E-state index contributed by atoms with van der Waals surface area (Å²) < 4.78 is 1.97. The van der Waals surface area contributed by atoms with Gasteiger partial charge in [0, 0.05) is 16.5 Å². The topological polar surface area (TPSA) is 17.8 Å². The molecule has 0 spiro atoms. The molecule has 2 nitrogen and oxygen atoms in total. The Bertz CT molecular complexity index is 465. The quantitative estimate of drug-likeness (QED) is 0.765. The Labute approximate surface area is 115 Å². The lowest BCUT2D eigenvalue weighted by Crippen LogP contribution is -1.99. The summed E-state index contributed by atoms with van der Waals surface area (Å²) in [5.74, 6) is 0. The van der Waals surface area contributed by atoms with Gasteiger partial charge < -0.3 is 0 Å². The number of hydrogen-bond acceptors (Lipinski definition) is 1. The van der Waals surface area contributed by atoms with Gasteiger partial charge >= 0.3 is 0 Å². The summed E-state index contributed by atoms with van der Waals surface area (Å²) >= 11 is 9.28. The lowest BCUT2D eigenvalue weighted by Gasteiger charge is -2.01. The van der Waals surface area contributed by atoms with E-state index in [1.54, 1.807) is 0 Å². The number of aromatic nitrogens is 2. The zero-order valence-electron chi connectivity index (χ0n) is 9.44. The fraction of sp³-hybridized carbons (Fsp3) is 0.308. The predicted octanol–water partition coefficient (Wildman–Crippen LogP) is 3.91. The fourth-order valence-corrected chi connectivity index (χ4v) is 2.08. The molecule has 1 aromatic carbocycles. The van der Waals surface area contributed by atoms with E-state index in [0.717, 1.165) is 29.7 Å². The molecule has 0 aliphatic heterocycles. The first-order chi connectivity index (χ1) is 8.28. The maximum atomic E-state index is 5.85. The van der Waals surface area contributed by atoms with E-state index in [1.807, 2.05) is 35.1 Å². The maximum absolute atomic E-state index is 5.85. The smallest absolute Gasteiger partial charge is 0.0659 e. The number of hydrogen-bond donors (Lipinski definition) is 0. The highest BCUT2D eigenvalue weighted by molar-refractivity contribution is 9.09. The Morgan fingerprint density at radius 1 is 1.18 bits per heavy atom. The highest BCUT2D eigenvalue weighted by Crippen LogP contribution is 2.11. The van der Waals surface area contributed by atoms with Crippen LogP contribution >= 0.6 is 27.5 Å². The lowest BCUT2D eigenvalue weighted by atomic mass is 10.2. The Morgan fingerprint density at radius 3 is 2.65 bits per heavy atom. The molecule has 0 amide bonds. The second-order valence-electron chi connectivity index (χ2n) is 3.97. The molecule has 0 saturated carbocycles. The molecule has 4 heteroatoms. The Morgan fingerprint density at radius 2 is 1.94 bits per heavy atom. The van der Waals surface area contributed by atoms with Crippen molar-refractivity contribution in [1.29, 1.82) is 0 Å². The van der Waals surface area contributed by atoms with Gasteiger partial charge in [-0.2, -0.15) is 5.10 Å². The first kappa shape index (κ1) is 12.7. The van der Waals surface area contributed by atoms with Crippen molar-refractivity contribution in [1.82, 2.24) is 9.78 Å². The number of rotatable bonds is 5. The van der Waals surface area contributed by atoms with Crippen LogP contribution in [0, 0.1) is 0 Å². The largest absolute Gasteiger partial charge is 0.268 e. The third-order valence-corrected chi connectivity index (χ3v) is 3.36. The molecule has 17 heavy (non-hydrogen) atoms. The summed E-state index contributed by atoms with van der Waals surface area (Å²) in [6.45, 7) is 0.797. The molecule has 0 aliphatic rings. The molecule has 2 aromatic rings. The summed E-state index contributed by atoms with van der Waals surface area (Å²) in [5, 5.41) is 6.16. The van der Waals surface area contributed by atoms with Gasteiger partial charge in [-0.05, 0) is 36.1 Å². The van der Waals surface area contributed by atoms with Crippen molar-refractivity contribution in [2.75, 3.05) is 5.33 Å².